The van der Waals surface area contributed by atoms with Crippen molar-refractivity contribution < 1.29 is 18.0 Å². The minimum Gasteiger partial charge on any atom is -0.336 e. The maximum atomic E-state index is 12.0. The summed E-state index contributed by atoms with van der Waals surface area (Å²) in [4.78, 5) is 12.3. The summed E-state index contributed by atoms with van der Waals surface area (Å²) in [6, 6.07) is 0. The third kappa shape index (κ3) is 5.03. The van der Waals surface area contributed by atoms with Crippen molar-refractivity contribution in [3.63, 3.8) is 0 Å². The highest BCUT2D eigenvalue weighted by Gasteiger charge is 2.33. The summed E-state index contributed by atoms with van der Waals surface area (Å²) in [6.07, 6.45) is -2.79. The first-order valence-electron chi connectivity index (χ1n) is 4.92. The fraction of sp³-hybridized carbons (Fsp3) is 0.889. The summed E-state index contributed by atoms with van der Waals surface area (Å²) in [5, 5.41) is 3.00. The summed E-state index contributed by atoms with van der Waals surface area (Å²) in [5.41, 5.74) is 0. The van der Waals surface area contributed by atoms with Crippen molar-refractivity contribution in [1.82, 2.24) is 10.2 Å². The first-order chi connectivity index (χ1) is 6.90. The van der Waals surface area contributed by atoms with Crippen LogP contribution in [0.1, 0.15) is 12.8 Å². The molecule has 0 saturated carbocycles. The zero-order valence-electron chi connectivity index (χ0n) is 9.01. The molecule has 0 aliphatic carbocycles. The second kappa shape index (κ2) is 6.30. The van der Waals surface area contributed by atoms with Gasteiger partial charge in [0.05, 0.1) is 5.92 Å². The molecular weight excluding hydrogens is 245 g/mol. The van der Waals surface area contributed by atoms with E-state index in [-0.39, 0.29) is 18.3 Å². The zero-order valence-corrected chi connectivity index (χ0v) is 9.83. The van der Waals surface area contributed by atoms with E-state index in [0.29, 0.717) is 13.0 Å². The number of halogens is 4. The summed E-state index contributed by atoms with van der Waals surface area (Å²) in [5.74, 6) is -0.717. The van der Waals surface area contributed by atoms with Crippen LogP contribution in [0.3, 0.4) is 0 Å². The number of alkyl halides is 3. The smallest absolute Gasteiger partial charge is 0.336 e. The van der Waals surface area contributed by atoms with E-state index >= 15 is 0 Å². The van der Waals surface area contributed by atoms with E-state index in [9.17, 15) is 18.0 Å². The van der Waals surface area contributed by atoms with Gasteiger partial charge in [0.1, 0.15) is 6.54 Å². The minimum absolute atomic E-state index is 0. The maximum Gasteiger partial charge on any atom is 0.406 e. The monoisotopic (exact) mass is 260 g/mol. The molecule has 0 spiro atoms. The average molecular weight is 261 g/mol. The second-order valence-corrected chi connectivity index (χ2v) is 3.85. The molecule has 3 nitrogen and oxygen atoms in total. The predicted octanol–water partition coefficient (Wildman–Crippen LogP) is 1.43. The molecule has 0 aromatic heterocycles. The molecule has 1 N–H and O–H groups in total. The molecule has 96 valence electrons. The van der Waals surface area contributed by atoms with Gasteiger partial charge < -0.3 is 10.2 Å². The molecule has 0 aromatic carbocycles. The molecule has 7 heteroatoms. The van der Waals surface area contributed by atoms with E-state index in [1.54, 1.807) is 0 Å². The Balaban J connectivity index is 0.00000225. The number of carbonyl (C=O) groups is 1. The van der Waals surface area contributed by atoms with Crippen LogP contribution in [0.5, 0.6) is 0 Å². The number of nitrogens with zero attached hydrogens (tertiary/aromatic N) is 1. The van der Waals surface area contributed by atoms with Gasteiger partial charge in [0.25, 0.3) is 0 Å². The number of carbonyl (C=O) groups excluding carboxylic acids is 1. The Kier molecular flexibility index (Phi) is 6.10. The first-order valence-corrected chi connectivity index (χ1v) is 4.92. The van der Waals surface area contributed by atoms with Crippen molar-refractivity contribution in [2.24, 2.45) is 5.92 Å². The molecule has 1 aliphatic heterocycles. The molecule has 1 saturated heterocycles. The SMILES string of the molecule is CN(CC(F)(F)F)C(=O)C1CCCNC1.Cl. The lowest BCUT2D eigenvalue weighted by atomic mass is 9.98. The number of hydrogen-bond acceptors (Lipinski definition) is 2. The summed E-state index contributed by atoms with van der Waals surface area (Å²) < 4.78 is 36.1. The van der Waals surface area contributed by atoms with Gasteiger partial charge in [-0.3, -0.25) is 4.79 Å². The van der Waals surface area contributed by atoms with Crippen LogP contribution in [0.2, 0.25) is 0 Å². The van der Waals surface area contributed by atoms with Crippen LogP contribution in [0.4, 0.5) is 13.2 Å². The van der Waals surface area contributed by atoms with E-state index in [4.69, 9.17) is 0 Å². The van der Waals surface area contributed by atoms with Crippen molar-refractivity contribution in [1.29, 1.82) is 0 Å². The highest BCUT2D eigenvalue weighted by atomic mass is 35.5. The van der Waals surface area contributed by atoms with E-state index in [2.05, 4.69) is 5.32 Å². The molecule has 0 radical (unpaired) electrons. The third-order valence-electron chi connectivity index (χ3n) is 2.44. The number of piperidine rings is 1. The molecule has 1 fully saturated rings. The van der Waals surface area contributed by atoms with Crippen molar-refractivity contribution in [3.8, 4) is 0 Å². The summed E-state index contributed by atoms with van der Waals surface area (Å²) >= 11 is 0. The summed E-state index contributed by atoms with van der Waals surface area (Å²) in [6.45, 7) is 0.163. The van der Waals surface area contributed by atoms with Gasteiger partial charge in [-0.15, -0.1) is 12.4 Å². The molecule has 1 unspecified atom stereocenters. The van der Waals surface area contributed by atoms with Crippen LogP contribution in [0, 0.1) is 5.92 Å². The number of hydrogen-bond donors (Lipinski definition) is 1. The van der Waals surface area contributed by atoms with Gasteiger partial charge in [-0.05, 0) is 19.4 Å². The molecule has 1 atom stereocenters. The third-order valence-corrected chi connectivity index (χ3v) is 2.44. The lowest BCUT2D eigenvalue weighted by molar-refractivity contribution is -0.161. The zero-order chi connectivity index (χ0) is 11.5. The lowest BCUT2D eigenvalue weighted by Gasteiger charge is -2.27. The van der Waals surface area contributed by atoms with Gasteiger partial charge in [-0.1, -0.05) is 0 Å². The minimum atomic E-state index is -4.31. The van der Waals surface area contributed by atoms with Gasteiger partial charge in [0.2, 0.25) is 5.91 Å². The normalized spacial score (nSPS) is 21.1. The average Bonchev–Trinajstić information content (AvgIpc) is 2.15. The fourth-order valence-electron chi connectivity index (χ4n) is 1.72. The van der Waals surface area contributed by atoms with Gasteiger partial charge >= 0.3 is 6.18 Å². The van der Waals surface area contributed by atoms with Crippen molar-refractivity contribution in [2.75, 3.05) is 26.7 Å². The number of nitrogens with one attached hydrogen (secondary N) is 1. The molecule has 1 amide bonds. The van der Waals surface area contributed by atoms with Crippen LogP contribution in [0.15, 0.2) is 0 Å². The van der Waals surface area contributed by atoms with E-state index < -0.39 is 18.6 Å². The highest BCUT2D eigenvalue weighted by Crippen LogP contribution is 2.18. The van der Waals surface area contributed by atoms with E-state index in [1.165, 1.54) is 7.05 Å². The summed E-state index contributed by atoms with van der Waals surface area (Å²) in [7, 11) is 1.20. The van der Waals surface area contributed by atoms with Crippen LogP contribution in [0.25, 0.3) is 0 Å². The lowest BCUT2D eigenvalue weighted by Crippen LogP contribution is -2.44. The Morgan fingerprint density at radius 2 is 2.12 bits per heavy atom. The standard InChI is InChI=1S/C9H15F3N2O.ClH/c1-14(6-9(10,11)12)8(15)7-3-2-4-13-5-7;/h7,13H,2-6H2,1H3;1H. The molecule has 1 heterocycles. The number of amides is 1. The molecular formula is C9H16ClF3N2O. The Morgan fingerprint density at radius 1 is 1.50 bits per heavy atom. The van der Waals surface area contributed by atoms with Crippen LogP contribution in [-0.2, 0) is 4.79 Å². The maximum absolute atomic E-state index is 12.0. The largest absolute Gasteiger partial charge is 0.406 e. The van der Waals surface area contributed by atoms with Crippen LogP contribution in [-0.4, -0.2) is 43.7 Å². The molecule has 1 rings (SSSR count). The van der Waals surface area contributed by atoms with E-state index in [0.717, 1.165) is 17.9 Å². The Labute approximate surface area is 98.8 Å². The topological polar surface area (TPSA) is 32.3 Å². The van der Waals surface area contributed by atoms with Gasteiger partial charge in [0, 0.05) is 13.6 Å². The first kappa shape index (κ1) is 15.5. The Morgan fingerprint density at radius 3 is 2.56 bits per heavy atom. The van der Waals surface area contributed by atoms with Gasteiger partial charge in [-0.2, -0.15) is 13.2 Å². The highest BCUT2D eigenvalue weighted by molar-refractivity contribution is 5.85. The van der Waals surface area contributed by atoms with E-state index in [1.807, 2.05) is 0 Å². The van der Waals surface area contributed by atoms with Crippen molar-refractivity contribution in [2.45, 2.75) is 19.0 Å². The molecule has 0 bridgehead atoms. The molecule has 0 aromatic rings. The predicted molar refractivity (Wildman–Crippen MR) is 56.5 cm³/mol. The van der Waals surface area contributed by atoms with Gasteiger partial charge in [0.15, 0.2) is 0 Å². The van der Waals surface area contributed by atoms with Crippen molar-refractivity contribution >= 4 is 18.3 Å². The molecule has 1 aliphatic rings. The van der Waals surface area contributed by atoms with Gasteiger partial charge in [-0.25, -0.2) is 0 Å². The Bertz CT molecular complexity index is 229. The quantitative estimate of drug-likeness (QED) is 0.815. The fourth-order valence-corrected chi connectivity index (χ4v) is 1.72. The second-order valence-electron chi connectivity index (χ2n) is 3.85. The molecule has 16 heavy (non-hydrogen) atoms. The number of rotatable bonds is 2. The van der Waals surface area contributed by atoms with Crippen LogP contribution < -0.4 is 5.32 Å². The Hall–Kier alpha value is -0.490. The van der Waals surface area contributed by atoms with Crippen molar-refractivity contribution in [3.05, 3.63) is 0 Å². The van der Waals surface area contributed by atoms with Crippen LogP contribution >= 0.6 is 12.4 Å².